The third-order valence-electron chi connectivity index (χ3n) is 10.1. The van der Waals surface area contributed by atoms with Gasteiger partial charge >= 0.3 is 0 Å². The Labute approximate surface area is 269 Å². The van der Waals surface area contributed by atoms with Crippen LogP contribution in [0.3, 0.4) is 0 Å². The Hall–Kier alpha value is -4.73. The predicted octanol–water partition coefficient (Wildman–Crippen LogP) is 10.6. The first-order chi connectivity index (χ1) is 22.2. The highest BCUT2D eigenvalue weighted by Gasteiger charge is 2.46. The number of dihydropyridines is 1. The van der Waals surface area contributed by atoms with Gasteiger partial charge in [0.05, 0.1) is 16.9 Å². The average Bonchev–Trinajstić information content (AvgIpc) is 3.64. The Kier molecular flexibility index (Phi) is 6.18. The molecule has 0 radical (unpaired) electrons. The normalized spacial score (nSPS) is 23.8. The van der Waals surface area contributed by atoms with E-state index in [1.807, 2.05) is 0 Å². The molecule has 4 atom stereocenters. The van der Waals surface area contributed by atoms with Gasteiger partial charge in [-0.15, -0.1) is 11.8 Å². The summed E-state index contributed by atoms with van der Waals surface area (Å²) >= 11 is 2.06. The quantitative estimate of drug-likeness (QED) is 0.222. The van der Waals surface area contributed by atoms with Crippen LogP contribution >= 0.6 is 11.8 Å². The van der Waals surface area contributed by atoms with Crippen molar-refractivity contribution < 1.29 is 0 Å². The van der Waals surface area contributed by atoms with Gasteiger partial charge in [0.25, 0.3) is 0 Å². The second-order valence-corrected chi connectivity index (χ2v) is 13.9. The smallest absolute Gasteiger partial charge is 0.0598 e. The molecule has 2 nitrogen and oxygen atoms in total. The number of allylic oxidation sites excluding steroid dienone is 4. The van der Waals surface area contributed by atoms with Crippen LogP contribution < -0.4 is 5.32 Å². The Morgan fingerprint density at radius 3 is 2.22 bits per heavy atom. The molecule has 0 fully saturated rings. The van der Waals surface area contributed by atoms with Gasteiger partial charge in [-0.2, -0.15) is 0 Å². The molecule has 5 aromatic rings. The van der Waals surface area contributed by atoms with Gasteiger partial charge < -0.3 is 9.88 Å². The lowest BCUT2D eigenvalue weighted by atomic mass is 9.69. The summed E-state index contributed by atoms with van der Waals surface area (Å²) < 4.78 is 2.54. The summed E-state index contributed by atoms with van der Waals surface area (Å²) in [6, 6.07) is 39.8. The molecule has 45 heavy (non-hydrogen) atoms. The lowest BCUT2D eigenvalue weighted by molar-refractivity contribution is 0.399. The molecule has 4 unspecified atom stereocenters. The van der Waals surface area contributed by atoms with E-state index >= 15 is 0 Å². The number of hydrogen-bond donors (Lipinski definition) is 1. The van der Waals surface area contributed by atoms with E-state index in [0.717, 1.165) is 6.42 Å². The first-order valence-electron chi connectivity index (χ1n) is 15.9. The zero-order chi connectivity index (χ0) is 30.0. The van der Waals surface area contributed by atoms with Crippen LogP contribution in [0, 0.1) is 0 Å². The van der Waals surface area contributed by atoms with Crippen molar-refractivity contribution in [1.29, 1.82) is 0 Å². The molecule has 0 saturated carbocycles. The van der Waals surface area contributed by atoms with Crippen LogP contribution in [-0.4, -0.2) is 10.1 Å². The van der Waals surface area contributed by atoms with Gasteiger partial charge in [-0.3, -0.25) is 0 Å². The van der Waals surface area contributed by atoms with Gasteiger partial charge in [-0.05, 0) is 101 Å². The summed E-state index contributed by atoms with van der Waals surface area (Å²) in [6.45, 7) is 2.38. The third kappa shape index (κ3) is 4.25. The number of hydrogen-bond acceptors (Lipinski definition) is 2. The van der Waals surface area contributed by atoms with Crippen molar-refractivity contribution in [3.63, 3.8) is 0 Å². The van der Waals surface area contributed by atoms with Crippen LogP contribution in [0.15, 0.2) is 145 Å². The number of fused-ring (bicyclic) bond motifs is 7. The lowest BCUT2D eigenvalue weighted by Gasteiger charge is -2.41. The average molecular weight is 599 g/mol. The highest BCUT2D eigenvalue weighted by molar-refractivity contribution is 8.00. The molecule has 0 amide bonds. The monoisotopic (exact) mass is 598 g/mol. The summed E-state index contributed by atoms with van der Waals surface area (Å²) in [7, 11) is 0. The Bertz CT molecular complexity index is 2050. The number of para-hydroxylation sites is 1. The summed E-state index contributed by atoms with van der Waals surface area (Å²) in [5.74, 6) is 0.587. The van der Waals surface area contributed by atoms with Crippen LogP contribution in [0.25, 0.3) is 34.5 Å². The van der Waals surface area contributed by atoms with E-state index in [1.54, 1.807) is 0 Å². The summed E-state index contributed by atoms with van der Waals surface area (Å²) in [4.78, 5) is 1.40. The zero-order valence-corrected chi connectivity index (χ0v) is 26.0. The van der Waals surface area contributed by atoms with Gasteiger partial charge in [-0.25, -0.2) is 0 Å². The Morgan fingerprint density at radius 1 is 0.756 bits per heavy atom. The van der Waals surface area contributed by atoms with Crippen LogP contribution in [0.4, 0.5) is 0 Å². The zero-order valence-electron chi connectivity index (χ0n) is 25.2. The van der Waals surface area contributed by atoms with Gasteiger partial charge in [0.15, 0.2) is 0 Å². The highest BCUT2D eigenvalue weighted by Crippen LogP contribution is 2.62. The maximum Gasteiger partial charge on any atom is 0.0598 e. The van der Waals surface area contributed by atoms with Gasteiger partial charge in [-0.1, -0.05) is 103 Å². The highest BCUT2D eigenvalue weighted by atomic mass is 32.2. The number of nitrogens with zero attached hydrogens (tertiary/aromatic N) is 1. The number of thioether (sulfide) groups is 1. The van der Waals surface area contributed by atoms with Crippen molar-refractivity contribution in [2.45, 2.75) is 40.9 Å². The topological polar surface area (TPSA) is 17.0 Å². The molecule has 3 heteroatoms. The molecule has 0 bridgehead atoms. The molecule has 218 valence electrons. The van der Waals surface area contributed by atoms with E-state index in [-0.39, 0.29) is 11.5 Å². The van der Waals surface area contributed by atoms with Crippen molar-refractivity contribution >= 4 is 29.5 Å². The minimum Gasteiger partial charge on any atom is -0.382 e. The van der Waals surface area contributed by atoms with Crippen molar-refractivity contribution in [3.05, 3.63) is 173 Å². The molecule has 4 aliphatic rings. The molecule has 2 aliphatic carbocycles. The minimum absolute atomic E-state index is 0.221. The molecule has 0 saturated heterocycles. The second-order valence-electron chi connectivity index (χ2n) is 12.7. The lowest BCUT2D eigenvalue weighted by Crippen LogP contribution is -2.45. The standard InChI is InChI=1S/C42H34N2S/c1-42(23-11-12-24-43-42)35-26-31(29-15-7-3-8-16-29)27-37-39(35)40-36(44(37)32-17-9-4-10-18-32)21-20-33-34-25-30(28-13-5-2-6-14-28)19-22-38(34)45-41(33)40/h2-25,27,33,35,41,43H,26H2,1H3. The molecular weight excluding hydrogens is 565 g/mol. The first kappa shape index (κ1) is 26.7. The van der Waals surface area contributed by atoms with Crippen LogP contribution in [0.1, 0.15) is 64.1 Å². The molecule has 9 rings (SSSR count). The van der Waals surface area contributed by atoms with E-state index in [4.69, 9.17) is 0 Å². The van der Waals surface area contributed by atoms with Crippen LogP contribution in [-0.2, 0) is 0 Å². The largest absolute Gasteiger partial charge is 0.382 e. The van der Waals surface area contributed by atoms with E-state index in [0.29, 0.717) is 11.2 Å². The molecule has 4 aromatic carbocycles. The molecule has 1 N–H and O–H groups in total. The van der Waals surface area contributed by atoms with Crippen LogP contribution in [0.2, 0.25) is 0 Å². The second kappa shape index (κ2) is 10.4. The molecule has 2 aliphatic heterocycles. The SMILES string of the molecule is CC1(C2CC(c3ccccc3)=Cc3c2c2c(n3-c3ccccc3)C=CC3c4cc(-c5ccccc5)ccc4SC23)C=CC=CN1. The van der Waals surface area contributed by atoms with Crippen molar-refractivity contribution in [2.24, 2.45) is 0 Å². The van der Waals surface area contributed by atoms with Crippen molar-refractivity contribution in [1.82, 2.24) is 9.88 Å². The Morgan fingerprint density at radius 2 is 1.49 bits per heavy atom. The van der Waals surface area contributed by atoms with E-state index in [2.05, 4.69) is 180 Å². The number of nitrogens with one attached hydrogen (secondary N) is 1. The fourth-order valence-electron chi connectivity index (χ4n) is 7.93. The van der Waals surface area contributed by atoms with E-state index < -0.39 is 0 Å². The number of rotatable bonds is 4. The maximum atomic E-state index is 3.81. The van der Waals surface area contributed by atoms with Crippen LogP contribution in [0.5, 0.6) is 0 Å². The number of aromatic nitrogens is 1. The predicted molar refractivity (Wildman–Crippen MR) is 190 cm³/mol. The molecular formula is C42H34N2S. The fourth-order valence-corrected chi connectivity index (χ4v) is 9.43. The summed E-state index contributed by atoms with van der Waals surface area (Å²) in [5.41, 5.74) is 13.3. The number of benzene rings is 4. The fraction of sp³-hybridized carbons (Fsp3) is 0.143. The molecule has 3 heterocycles. The maximum absolute atomic E-state index is 3.81. The van der Waals surface area contributed by atoms with E-state index in [9.17, 15) is 0 Å². The van der Waals surface area contributed by atoms with Crippen molar-refractivity contribution in [2.75, 3.05) is 0 Å². The summed E-state index contributed by atoms with van der Waals surface area (Å²) in [6.07, 6.45) is 17.2. The first-order valence-corrected chi connectivity index (χ1v) is 16.8. The third-order valence-corrected chi connectivity index (χ3v) is 11.5. The van der Waals surface area contributed by atoms with Crippen molar-refractivity contribution in [3.8, 4) is 16.8 Å². The summed E-state index contributed by atoms with van der Waals surface area (Å²) in [5, 5.41) is 4.13. The molecule has 0 spiro atoms. The Balaban J connectivity index is 1.27. The van der Waals surface area contributed by atoms with Gasteiger partial charge in [0, 0.05) is 27.7 Å². The van der Waals surface area contributed by atoms with Gasteiger partial charge in [0.1, 0.15) is 0 Å². The van der Waals surface area contributed by atoms with Gasteiger partial charge in [0.2, 0.25) is 0 Å². The van der Waals surface area contributed by atoms with E-state index in [1.165, 1.54) is 60.9 Å². The minimum atomic E-state index is -0.221. The molecule has 1 aromatic heterocycles.